The number of rotatable bonds is 3. The van der Waals surface area contributed by atoms with Gasteiger partial charge in [-0.3, -0.25) is 4.98 Å². The lowest BCUT2D eigenvalue weighted by Gasteiger charge is -2.09. The summed E-state index contributed by atoms with van der Waals surface area (Å²) < 4.78 is 0. The number of anilines is 1. The van der Waals surface area contributed by atoms with Gasteiger partial charge in [0.05, 0.1) is 0 Å². The van der Waals surface area contributed by atoms with Crippen LogP contribution in [0.15, 0.2) is 30.9 Å². The topological polar surface area (TPSA) is 50.7 Å². The summed E-state index contributed by atoms with van der Waals surface area (Å²) in [7, 11) is 0. The van der Waals surface area contributed by atoms with Crippen LogP contribution in [-0.2, 0) is 19.4 Å². The first-order valence-electron chi connectivity index (χ1n) is 5.89. The lowest BCUT2D eigenvalue weighted by molar-refractivity contribution is 0.899. The van der Waals surface area contributed by atoms with Crippen LogP contribution in [0.3, 0.4) is 0 Å². The van der Waals surface area contributed by atoms with Gasteiger partial charge in [-0.15, -0.1) is 0 Å². The first kappa shape index (κ1) is 10.2. The highest BCUT2D eigenvalue weighted by Gasteiger charge is 2.16. The number of hydrogen-bond donors (Lipinski definition) is 1. The normalized spacial score (nSPS) is 13.4. The Balaban J connectivity index is 1.76. The van der Waals surface area contributed by atoms with Crippen LogP contribution < -0.4 is 5.32 Å². The fraction of sp³-hybridized carbons (Fsp3) is 0.308. The van der Waals surface area contributed by atoms with Crippen molar-refractivity contribution < 1.29 is 0 Å². The van der Waals surface area contributed by atoms with Gasteiger partial charge in [-0.25, -0.2) is 9.97 Å². The van der Waals surface area contributed by atoms with E-state index in [1.807, 2.05) is 12.3 Å². The Morgan fingerprint density at radius 3 is 3.12 bits per heavy atom. The molecule has 3 rings (SSSR count). The molecule has 0 spiro atoms. The van der Waals surface area contributed by atoms with E-state index in [1.165, 1.54) is 17.7 Å². The van der Waals surface area contributed by atoms with E-state index in [4.69, 9.17) is 0 Å². The third-order valence-corrected chi connectivity index (χ3v) is 3.06. The van der Waals surface area contributed by atoms with Crippen molar-refractivity contribution in [2.45, 2.75) is 25.8 Å². The second kappa shape index (κ2) is 4.49. The molecule has 0 radical (unpaired) electrons. The molecule has 0 atom stereocenters. The minimum absolute atomic E-state index is 0.761. The van der Waals surface area contributed by atoms with E-state index in [2.05, 4.69) is 26.3 Å². The van der Waals surface area contributed by atoms with E-state index < -0.39 is 0 Å². The molecule has 0 amide bonds. The summed E-state index contributed by atoms with van der Waals surface area (Å²) in [5.74, 6) is 0.983. The van der Waals surface area contributed by atoms with Gasteiger partial charge in [-0.1, -0.05) is 6.07 Å². The fourth-order valence-corrected chi connectivity index (χ4v) is 2.20. The Morgan fingerprint density at radius 2 is 2.24 bits per heavy atom. The molecule has 0 fully saturated rings. The van der Waals surface area contributed by atoms with Gasteiger partial charge >= 0.3 is 0 Å². The largest absolute Gasteiger partial charge is 0.366 e. The number of aryl methyl sites for hydroxylation is 1. The Kier molecular flexibility index (Phi) is 2.69. The molecule has 1 aliphatic rings. The number of aromatic nitrogens is 3. The van der Waals surface area contributed by atoms with Crippen LogP contribution in [0.5, 0.6) is 0 Å². The molecule has 4 heteroatoms. The SMILES string of the molecule is c1cncc(CNc2ncnc3c2CCC3)c1. The average Bonchev–Trinajstić information content (AvgIpc) is 2.86. The van der Waals surface area contributed by atoms with E-state index in [0.29, 0.717) is 0 Å². The van der Waals surface area contributed by atoms with Crippen molar-refractivity contribution in [1.29, 1.82) is 0 Å². The molecule has 0 aliphatic heterocycles. The van der Waals surface area contributed by atoms with E-state index in [1.54, 1.807) is 12.5 Å². The lowest BCUT2D eigenvalue weighted by Crippen LogP contribution is -2.05. The fourth-order valence-electron chi connectivity index (χ4n) is 2.20. The van der Waals surface area contributed by atoms with E-state index in [9.17, 15) is 0 Å². The molecular formula is C13H14N4. The first-order valence-corrected chi connectivity index (χ1v) is 5.89. The maximum atomic E-state index is 4.32. The van der Waals surface area contributed by atoms with Crippen molar-refractivity contribution in [2.75, 3.05) is 5.32 Å². The van der Waals surface area contributed by atoms with Crippen LogP contribution >= 0.6 is 0 Å². The molecule has 4 nitrogen and oxygen atoms in total. The summed E-state index contributed by atoms with van der Waals surface area (Å²) in [4.78, 5) is 12.7. The second-order valence-corrected chi connectivity index (χ2v) is 4.22. The quantitative estimate of drug-likeness (QED) is 0.869. The molecule has 1 aliphatic carbocycles. The van der Waals surface area contributed by atoms with Gasteiger partial charge in [-0.2, -0.15) is 0 Å². The van der Waals surface area contributed by atoms with Gasteiger partial charge in [-0.05, 0) is 30.9 Å². The minimum Gasteiger partial charge on any atom is -0.366 e. The number of pyridine rings is 1. The summed E-state index contributed by atoms with van der Waals surface area (Å²) in [6.07, 6.45) is 8.66. The Bertz CT molecular complexity index is 510. The van der Waals surface area contributed by atoms with E-state index in [-0.39, 0.29) is 0 Å². The highest BCUT2D eigenvalue weighted by Crippen LogP contribution is 2.25. The third kappa shape index (κ3) is 2.11. The van der Waals surface area contributed by atoms with Crippen molar-refractivity contribution in [3.05, 3.63) is 47.7 Å². The van der Waals surface area contributed by atoms with Gasteiger partial charge in [0.15, 0.2) is 0 Å². The van der Waals surface area contributed by atoms with Crippen LogP contribution in [0, 0.1) is 0 Å². The predicted molar refractivity (Wildman–Crippen MR) is 65.6 cm³/mol. The molecule has 0 unspecified atom stereocenters. The van der Waals surface area contributed by atoms with E-state index in [0.717, 1.165) is 30.8 Å². The number of nitrogens with zero attached hydrogens (tertiary/aromatic N) is 3. The molecule has 0 saturated carbocycles. The van der Waals surface area contributed by atoms with E-state index >= 15 is 0 Å². The lowest BCUT2D eigenvalue weighted by atomic mass is 10.2. The van der Waals surface area contributed by atoms with Crippen LogP contribution in [0.25, 0.3) is 0 Å². The van der Waals surface area contributed by atoms with Crippen LogP contribution in [0.1, 0.15) is 23.2 Å². The zero-order valence-electron chi connectivity index (χ0n) is 9.56. The van der Waals surface area contributed by atoms with Crippen LogP contribution in [0.4, 0.5) is 5.82 Å². The highest BCUT2D eigenvalue weighted by molar-refractivity contribution is 5.48. The Hall–Kier alpha value is -1.97. The van der Waals surface area contributed by atoms with Gasteiger partial charge in [0.25, 0.3) is 0 Å². The molecule has 0 saturated heterocycles. The molecule has 2 aromatic rings. The molecule has 17 heavy (non-hydrogen) atoms. The molecule has 86 valence electrons. The second-order valence-electron chi connectivity index (χ2n) is 4.22. The maximum absolute atomic E-state index is 4.32. The van der Waals surface area contributed by atoms with Crippen molar-refractivity contribution in [3.8, 4) is 0 Å². The standard InChI is InChI=1S/C13H14N4/c1-4-11-12(5-1)16-9-17-13(11)15-8-10-3-2-6-14-7-10/h2-3,6-7,9H,1,4-5,8H2,(H,15,16,17). The van der Waals surface area contributed by atoms with Crippen molar-refractivity contribution in [1.82, 2.24) is 15.0 Å². The predicted octanol–water partition coefficient (Wildman–Crippen LogP) is 1.97. The molecule has 2 heterocycles. The first-order chi connectivity index (χ1) is 8.43. The number of hydrogen-bond acceptors (Lipinski definition) is 4. The summed E-state index contributed by atoms with van der Waals surface area (Å²) in [6.45, 7) is 0.761. The summed E-state index contributed by atoms with van der Waals surface area (Å²) in [5, 5.41) is 3.37. The highest BCUT2D eigenvalue weighted by atomic mass is 15.0. The maximum Gasteiger partial charge on any atom is 0.133 e. The summed E-state index contributed by atoms with van der Waals surface area (Å²) in [6, 6.07) is 4.00. The number of fused-ring (bicyclic) bond motifs is 1. The average molecular weight is 226 g/mol. The van der Waals surface area contributed by atoms with Crippen molar-refractivity contribution >= 4 is 5.82 Å². The van der Waals surface area contributed by atoms with Crippen molar-refractivity contribution in [3.63, 3.8) is 0 Å². The van der Waals surface area contributed by atoms with Gasteiger partial charge in [0.2, 0.25) is 0 Å². The van der Waals surface area contributed by atoms with Crippen LogP contribution in [-0.4, -0.2) is 15.0 Å². The van der Waals surface area contributed by atoms with Gasteiger partial charge in [0.1, 0.15) is 12.1 Å². The zero-order chi connectivity index (χ0) is 11.5. The minimum atomic E-state index is 0.761. The number of nitrogens with one attached hydrogen (secondary N) is 1. The smallest absolute Gasteiger partial charge is 0.133 e. The molecule has 1 N–H and O–H groups in total. The molecule has 0 bridgehead atoms. The Labute approximate surface area is 100 Å². The monoisotopic (exact) mass is 226 g/mol. The van der Waals surface area contributed by atoms with Crippen molar-refractivity contribution in [2.24, 2.45) is 0 Å². The summed E-state index contributed by atoms with van der Waals surface area (Å²) >= 11 is 0. The summed E-state index contributed by atoms with van der Waals surface area (Å²) in [5.41, 5.74) is 3.66. The zero-order valence-corrected chi connectivity index (χ0v) is 9.56. The molecular weight excluding hydrogens is 212 g/mol. The van der Waals surface area contributed by atoms with Gasteiger partial charge in [0, 0.05) is 30.2 Å². The molecule has 2 aromatic heterocycles. The van der Waals surface area contributed by atoms with Crippen LogP contribution in [0.2, 0.25) is 0 Å². The Morgan fingerprint density at radius 1 is 1.24 bits per heavy atom. The third-order valence-electron chi connectivity index (χ3n) is 3.06. The van der Waals surface area contributed by atoms with Gasteiger partial charge < -0.3 is 5.32 Å². The molecule has 0 aromatic carbocycles.